The molecule has 0 radical (unpaired) electrons. The molecule has 0 saturated heterocycles. The number of hydrogen-bond acceptors (Lipinski definition) is 3. The molecule has 2 amide bonds. The van der Waals surface area contributed by atoms with Crippen molar-refractivity contribution in [2.45, 2.75) is 12.6 Å². The molecule has 0 bridgehead atoms. The summed E-state index contributed by atoms with van der Waals surface area (Å²) in [5.74, 6) is -0.380. The van der Waals surface area contributed by atoms with Gasteiger partial charge in [-0.15, -0.1) is 0 Å². The smallest absolute Gasteiger partial charge is 0.315 e. The fourth-order valence-corrected chi connectivity index (χ4v) is 2.62. The first-order valence-electron chi connectivity index (χ1n) is 8.17. The molecule has 1 unspecified atom stereocenters. The van der Waals surface area contributed by atoms with Gasteiger partial charge in [-0.05, 0) is 38.4 Å². The van der Waals surface area contributed by atoms with E-state index in [1.807, 2.05) is 43.3 Å². The number of benzene rings is 2. The fourth-order valence-electron chi connectivity index (χ4n) is 2.62. The van der Waals surface area contributed by atoms with Gasteiger partial charge in [0.2, 0.25) is 0 Å². The molecule has 0 spiro atoms. The molecule has 0 heterocycles. The second kappa shape index (κ2) is 9.15. The summed E-state index contributed by atoms with van der Waals surface area (Å²) >= 11 is 0. The van der Waals surface area contributed by atoms with Crippen molar-refractivity contribution in [2.75, 3.05) is 27.7 Å². The van der Waals surface area contributed by atoms with Gasteiger partial charge in [0.05, 0.1) is 13.2 Å². The third kappa shape index (κ3) is 5.16. The molecule has 0 aromatic heterocycles. The van der Waals surface area contributed by atoms with E-state index in [-0.39, 0.29) is 18.2 Å². The van der Waals surface area contributed by atoms with Crippen LogP contribution in [0.5, 0.6) is 5.75 Å². The van der Waals surface area contributed by atoms with Crippen molar-refractivity contribution in [3.8, 4) is 5.75 Å². The second-order valence-corrected chi connectivity index (χ2v) is 6.02. The van der Waals surface area contributed by atoms with Gasteiger partial charge in [-0.3, -0.25) is 0 Å². The van der Waals surface area contributed by atoms with E-state index in [0.717, 1.165) is 29.5 Å². The molecular formula is C19H23F2N3O2. The van der Waals surface area contributed by atoms with Gasteiger partial charge < -0.3 is 20.3 Å². The van der Waals surface area contributed by atoms with Crippen molar-refractivity contribution in [3.05, 3.63) is 65.2 Å². The minimum atomic E-state index is -0.563. The SMILES string of the molecule is COc1ccccc1C(CNC(=O)NCc1cc(F)ccc1F)N(C)C. The summed E-state index contributed by atoms with van der Waals surface area (Å²) in [6.45, 7) is 0.224. The number of likely N-dealkylation sites (N-methyl/N-ethyl adjacent to an activating group) is 1. The van der Waals surface area contributed by atoms with Gasteiger partial charge in [0.1, 0.15) is 17.4 Å². The summed E-state index contributed by atoms with van der Waals surface area (Å²) < 4.78 is 32.1. The molecule has 2 N–H and O–H groups in total. The molecule has 2 aromatic carbocycles. The molecule has 0 aliphatic carbocycles. The van der Waals surface area contributed by atoms with Crippen LogP contribution >= 0.6 is 0 Å². The number of methoxy groups -OCH3 is 1. The van der Waals surface area contributed by atoms with Crippen LogP contribution in [0.25, 0.3) is 0 Å². The van der Waals surface area contributed by atoms with Gasteiger partial charge >= 0.3 is 6.03 Å². The Balaban J connectivity index is 1.96. The lowest BCUT2D eigenvalue weighted by molar-refractivity contribution is 0.231. The van der Waals surface area contributed by atoms with E-state index in [1.54, 1.807) is 7.11 Å². The highest BCUT2D eigenvalue weighted by molar-refractivity contribution is 5.73. The first-order chi connectivity index (χ1) is 12.4. The Morgan fingerprint density at radius 3 is 2.58 bits per heavy atom. The summed E-state index contributed by atoms with van der Waals surface area (Å²) in [5, 5.41) is 5.29. The van der Waals surface area contributed by atoms with Crippen LogP contribution in [-0.4, -0.2) is 38.7 Å². The molecule has 140 valence electrons. The van der Waals surface area contributed by atoms with Gasteiger partial charge in [-0.1, -0.05) is 18.2 Å². The lowest BCUT2D eigenvalue weighted by Gasteiger charge is -2.26. The van der Waals surface area contributed by atoms with Gasteiger partial charge in [-0.2, -0.15) is 0 Å². The number of hydrogen-bond donors (Lipinski definition) is 2. The highest BCUT2D eigenvalue weighted by atomic mass is 19.1. The van der Waals surface area contributed by atoms with Crippen molar-refractivity contribution < 1.29 is 18.3 Å². The Morgan fingerprint density at radius 1 is 1.15 bits per heavy atom. The number of urea groups is 1. The van der Waals surface area contributed by atoms with Gasteiger partial charge in [-0.25, -0.2) is 13.6 Å². The minimum Gasteiger partial charge on any atom is -0.496 e. The molecule has 2 rings (SSSR count). The number of amides is 2. The first-order valence-corrected chi connectivity index (χ1v) is 8.17. The molecule has 7 heteroatoms. The Hall–Kier alpha value is -2.67. The van der Waals surface area contributed by atoms with Crippen LogP contribution in [-0.2, 0) is 6.54 Å². The number of carbonyl (C=O) groups excluding carboxylic acids is 1. The third-order valence-corrected chi connectivity index (χ3v) is 4.02. The number of rotatable bonds is 7. The molecule has 0 saturated carbocycles. The average molecular weight is 363 g/mol. The zero-order valence-corrected chi connectivity index (χ0v) is 15.1. The number of para-hydroxylation sites is 1. The van der Waals surface area contributed by atoms with Crippen LogP contribution in [0.3, 0.4) is 0 Å². The molecule has 0 aliphatic heterocycles. The van der Waals surface area contributed by atoms with E-state index in [9.17, 15) is 13.6 Å². The maximum absolute atomic E-state index is 13.6. The zero-order valence-electron chi connectivity index (χ0n) is 15.1. The van der Waals surface area contributed by atoms with E-state index in [0.29, 0.717) is 6.54 Å². The van der Waals surface area contributed by atoms with Crippen LogP contribution in [0.4, 0.5) is 13.6 Å². The maximum Gasteiger partial charge on any atom is 0.315 e. The predicted octanol–water partition coefficient (Wildman–Crippen LogP) is 3.08. The normalized spacial score (nSPS) is 11.9. The van der Waals surface area contributed by atoms with E-state index in [1.165, 1.54) is 0 Å². The minimum absolute atomic E-state index is 0.0917. The molecule has 0 aliphatic rings. The third-order valence-electron chi connectivity index (χ3n) is 4.02. The standard InChI is InChI=1S/C19H23F2N3O2/c1-24(2)17(15-6-4-5-7-18(15)26-3)12-23-19(25)22-11-13-10-14(20)8-9-16(13)21/h4-10,17H,11-12H2,1-3H3,(H2,22,23,25). The topological polar surface area (TPSA) is 53.6 Å². The highest BCUT2D eigenvalue weighted by Gasteiger charge is 2.19. The number of halogens is 2. The zero-order chi connectivity index (χ0) is 19.1. The largest absolute Gasteiger partial charge is 0.496 e. The predicted molar refractivity (Wildman–Crippen MR) is 96.0 cm³/mol. The Morgan fingerprint density at radius 2 is 1.88 bits per heavy atom. The summed E-state index contributed by atoms with van der Waals surface area (Å²) in [7, 11) is 5.40. The molecule has 1 atom stereocenters. The number of nitrogens with zero attached hydrogens (tertiary/aromatic N) is 1. The van der Waals surface area contributed by atoms with Crippen LogP contribution in [0, 0.1) is 11.6 Å². The van der Waals surface area contributed by atoms with Crippen molar-refractivity contribution in [1.29, 1.82) is 0 Å². The van der Waals surface area contributed by atoms with Crippen LogP contribution < -0.4 is 15.4 Å². The molecule has 0 fully saturated rings. The monoisotopic (exact) mass is 363 g/mol. The van der Waals surface area contributed by atoms with Crippen LogP contribution in [0.15, 0.2) is 42.5 Å². The summed E-state index contributed by atoms with van der Waals surface area (Å²) in [6.07, 6.45) is 0. The van der Waals surface area contributed by atoms with Crippen molar-refractivity contribution in [3.63, 3.8) is 0 Å². The van der Waals surface area contributed by atoms with E-state index >= 15 is 0 Å². The quantitative estimate of drug-likeness (QED) is 0.795. The summed E-state index contributed by atoms with van der Waals surface area (Å²) in [4.78, 5) is 14.0. The van der Waals surface area contributed by atoms with E-state index in [4.69, 9.17) is 4.74 Å². The summed E-state index contributed by atoms with van der Waals surface area (Å²) in [6, 6.07) is 10.1. The lowest BCUT2D eigenvalue weighted by Crippen LogP contribution is -2.40. The highest BCUT2D eigenvalue weighted by Crippen LogP contribution is 2.27. The van der Waals surface area contributed by atoms with Crippen molar-refractivity contribution in [2.24, 2.45) is 0 Å². The van der Waals surface area contributed by atoms with Crippen molar-refractivity contribution in [1.82, 2.24) is 15.5 Å². The van der Waals surface area contributed by atoms with Crippen LogP contribution in [0.2, 0.25) is 0 Å². The average Bonchev–Trinajstić information content (AvgIpc) is 2.62. The number of carbonyl (C=O) groups is 1. The molecule has 2 aromatic rings. The summed E-state index contributed by atoms with van der Waals surface area (Å²) in [5.41, 5.74) is 1.03. The second-order valence-electron chi connectivity index (χ2n) is 6.02. The molecular weight excluding hydrogens is 340 g/mol. The maximum atomic E-state index is 13.6. The van der Waals surface area contributed by atoms with Crippen molar-refractivity contribution >= 4 is 6.03 Å². The number of ether oxygens (including phenoxy) is 1. The molecule has 26 heavy (non-hydrogen) atoms. The fraction of sp³-hybridized carbons (Fsp3) is 0.316. The van der Waals surface area contributed by atoms with Gasteiger partial charge in [0.15, 0.2) is 0 Å². The lowest BCUT2D eigenvalue weighted by atomic mass is 10.0. The Labute approximate surface area is 152 Å². The van der Waals surface area contributed by atoms with E-state index < -0.39 is 17.7 Å². The van der Waals surface area contributed by atoms with E-state index in [2.05, 4.69) is 10.6 Å². The number of nitrogens with one attached hydrogen (secondary N) is 2. The Bertz CT molecular complexity index is 753. The first kappa shape index (κ1) is 19.7. The molecule has 5 nitrogen and oxygen atoms in total. The van der Waals surface area contributed by atoms with Gasteiger partial charge in [0, 0.05) is 24.2 Å². The Kier molecular flexibility index (Phi) is 6.91. The van der Waals surface area contributed by atoms with Gasteiger partial charge in [0.25, 0.3) is 0 Å². The van der Waals surface area contributed by atoms with Crippen LogP contribution in [0.1, 0.15) is 17.2 Å².